The molecule has 1 aromatic rings. The summed E-state index contributed by atoms with van der Waals surface area (Å²) in [4.78, 5) is 14.2. The topological polar surface area (TPSA) is 46.3 Å². The van der Waals surface area contributed by atoms with Crippen molar-refractivity contribution >= 4 is 18.3 Å². The molecule has 0 radical (unpaired) electrons. The highest BCUT2D eigenvalue weighted by Gasteiger charge is 2.28. The Morgan fingerprint density at radius 1 is 1.09 bits per heavy atom. The van der Waals surface area contributed by atoms with Crippen molar-refractivity contribution < 1.29 is 4.79 Å². The van der Waals surface area contributed by atoms with Gasteiger partial charge in [0.1, 0.15) is 0 Å². The highest BCUT2D eigenvalue weighted by molar-refractivity contribution is 5.85. The molecule has 1 amide bonds. The van der Waals surface area contributed by atoms with Crippen molar-refractivity contribution in [1.29, 1.82) is 0 Å². The maximum atomic E-state index is 12.3. The van der Waals surface area contributed by atoms with Crippen LogP contribution in [-0.4, -0.2) is 29.9 Å². The number of rotatable bonds is 3. The predicted octanol–water partition coefficient (Wildman–Crippen LogP) is 3.33. The van der Waals surface area contributed by atoms with Crippen LogP contribution < -0.4 is 5.73 Å². The van der Waals surface area contributed by atoms with Crippen LogP contribution in [0.2, 0.25) is 0 Å². The van der Waals surface area contributed by atoms with Crippen LogP contribution in [0, 0.1) is 5.92 Å². The summed E-state index contributed by atoms with van der Waals surface area (Å²) in [6.07, 6.45) is 6.51. The Labute approximate surface area is 139 Å². The first-order chi connectivity index (χ1) is 10.2. The molecule has 3 rings (SSSR count). The number of hydrogen-bond donors (Lipinski definition) is 1. The van der Waals surface area contributed by atoms with Gasteiger partial charge in [-0.2, -0.15) is 0 Å². The molecule has 1 aromatic carbocycles. The van der Waals surface area contributed by atoms with Gasteiger partial charge in [0, 0.05) is 25.6 Å². The van der Waals surface area contributed by atoms with Crippen LogP contribution in [0.25, 0.3) is 0 Å². The number of nitrogens with two attached hydrogens (primary N) is 1. The molecule has 22 heavy (non-hydrogen) atoms. The molecule has 1 atom stereocenters. The molecule has 0 bridgehead atoms. The van der Waals surface area contributed by atoms with Gasteiger partial charge in [-0.25, -0.2) is 0 Å². The number of hydrogen-bond acceptors (Lipinski definition) is 2. The zero-order chi connectivity index (χ0) is 14.7. The largest absolute Gasteiger partial charge is 0.341 e. The normalized spacial score (nSPS) is 28.2. The van der Waals surface area contributed by atoms with Crippen molar-refractivity contribution in [3.63, 3.8) is 0 Å². The van der Waals surface area contributed by atoms with Crippen molar-refractivity contribution in [3.8, 4) is 0 Å². The summed E-state index contributed by atoms with van der Waals surface area (Å²) in [6, 6.07) is 11.0. The molecule has 0 spiro atoms. The smallest absolute Gasteiger partial charge is 0.222 e. The van der Waals surface area contributed by atoms with E-state index in [1.165, 1.54) is 31.2 Å². The quantitative estimate of drug-likeness (QED) is 0.927. The van der Waals surface area contributed by atoms with Gasteiger partial charge in [0.05, 0.1) is 0 Å². The van der Waals surface area contributed by atoms with Crippen LogP contribution in [0.15, 0.2) is 30.3 Å². The van der Waals surface area contributed by atoms with Crippen LogP contribution in [0.1, 0.15) is 50.0 Å². The van der Waals surface area contributed by atoms with E-state index in [2.05, 4.69) is 30.3 Å². The Hall–Kier alpha value is -1.06. The number of amides is 1. The van der Waals surface area contributed by atoms with E-state index in [1.54, 1.807) is 0 Å². The van der Waals surface area contributed by atoms with Crippen LogP contribution >= 0.6 is 12.4 Å². The van der Waals surface area contributed by atoms with Crippen LogP contribution in [0.4, 0.5) is 0 Å². The number of carbonyl (C=O) groups excluding carboxylic acids is 1. The number of benzene rings is 1. The summed E-state index contributed by atoms with van der Waals surface area (Å²) < 4.78 is 0. The monoisotopic (exact) mass is 322 g/mol. The molecule has 0 aromatic heterocycles. The van der Waals surface area contributed by atoms with Gasteiger partial charge in [-0.15, -0.1) is 12.4 Å². The van der Waals surface area contributed by atoms with E-state index >= 15 is 0 Å². The molecule has 2 aliphatic rings. The van der Waals surface area contributed by atoms with Crippen molar-refractivity contribution in [2.45, 2.75) is 50.5 Å². The van der Waals surface area contributed by atoms with Gasteiger partial charge in [0.2, 0.25) is 5.91 Å². The van der Waals surface area contributed by atoms with E-state index in [9.17, 15) is 4.79 Å². The Morgan fingerprint density at radius 3 is 2.36 bits per heavy atom. The molecule has 2 fully saturated rings. The number of likely N-dealkylation sites (tertiary alicyclic amines) is 1. The van der Waals surface area contributed by atoms with E-state index in [1.807, 2.05) is 4.90 Å². The second-order valence-electron chi connectivity index (χ2n) is 6.72. The molecule has 0 unspecified atom stereocenters. The van der Waals surface area contributed by atoms with Gasteiger partial charge in [-0.1, -0.05) is 30.3 Å². The molecule has 1 aliphatic carbocycles. The molecular formula is C18H27ClN2O. The highest BCUT2D eigenvalue weighted by Crippen LogP contribution is 2.37. The fourth-order valence-corrected chi connectivity index (χ4v) is 3.81. The lowest BCUT2D eigenvalue weighted by Crippen LogP contribution is -2.33. The molecule has 3 nitrogen and oxygen atoms in total. The summed E-state index contributed by atoms with van der Waals surface area (Å²) in [7, 11) is 0. The number of carbonyl (C=O) groups is 1. The molecule has 2 N–H and O–H groups in total. The van der Waals surface area contributed by atoms with Crippen molar-refractivity contribution in [2.24, 2.45) is 11.7 Å². The lowest BCUT2D eigenvalue weighted by atomic mass is 9.77. The van der Waals surface area contributed by atoms with E-state index in [-0.39, 0.29) is 18.4 Å². The Balaban J connectivity index is 0.00000176. The molecular weight excluding hydrogens is 296 g/mol. The second kappa shape index (κ2) is 7.98. The molecule has 122 valence electrons. The summed E-state index contributed by atoms with van der Waals surface area (Å²) >= 11 is 0. The highest BCUT2D eigenvalue weighted by atomic mass is 35.5. The summed E-state index contributed by atoms with van der Waals surface area (Å²) in [5, 5.41) is 0. The van der Waals surface area contributed by atoms with Crippen LogP contribution in [0.3, 0.4) is 0 Å². The van der Waals surface area contributed by atoms with E-state index in [0.29, 0.717) is 17.7 Å². The standard InChI is InChI=1S/C18H26N2O.ClH/c19-17-10-11-20(13-17)18(21)12-14-6-8-16(9-7-14)15-4-2-1-3-5-15;/h1-5,14,16-17H,6-13,19H2;1H/t14?,16?,17-;/m1./s1. The maximum absolute atomic E-state index is 12.3. The fraction of sp³-hybridized carbons (Fsp3) is 0.611. The predicted molar refractivity (Wildman–Crippen MR) is 92.2 cm³/mol. The second-order valence-corrected chi connectivity index (χ2v) is 6.72. The third-order valence-electron chi connectivity index (χ3n) is 5.16. The Morgan fingerprint density at radius 2 is 1.77 bits per heavy atom. The van der Waals surface area contributed by atoms with Crippen molar-refractivity contribution in [3.05, 3.63) is 35.9 Å². The zero-order valence-electron chi connectivity index (χ0n) is 13.1. The summed E-state index contributed by atoms with van der Waals surface area (Å²) in [6.45, 7) is 1.62. The average molecular weight is 323 g/mol. The summed E-state index contributed by atoms with van der Waals surface area (Å²) in [5.41, 5.74) is 7.35. The lowest BCUT2D eigenvalue weighted by Gasteiger charge is -2.29. The lowest BCUT2D eigenvalue weighted by molar-refractivity contribution is -0.131. The Kier molecular flexibility index (Phi) is 6.27. The van der Waals surface area contributed by atoms with Crippen molar-refractivity contribution in [2.75, 3.05) is 13.1 Å². The van der Waals surface area contributed by atoms with Crippen LogP contribution in [-0.2, 0) is 4.79 Å². The third kappa shape index (κ3) is 4.23. The van der Waals surface area contributed by atoms with Gasteiger partial charge in [0.25, 0.3) is 0 Å². The summed E-state index contributed by atoms with van der Waals surface area (Å²) in [5.74, 6) is 1.60. The first-order valence-electron chi connectivity index (χ1n) is 8.30. The minimum absolute atomic E-state index is 0. The SMILES string of the molecule is Cl.N[C@@H]1CCN(C(=O)CC2CCC(c3ccccc3)CC2)C1. The van der Waals surface area contributed by atoms with Gasteiger partial charge < -0.3 is 10.6 Å². The van der Waals surface area contributed by atoms with E-state index < -0.39 is 0 Å². The zero-order valence-corrected chi connectivity index (χ0v) is 13.9. The molecule has 1 aliphatic heterocycles. The van der Waals surface area contributed by atoms with Crippen molar-refractivity contribution in [1.82, 2.24) is 4.90 Å². The van der Waals surface area contributed by atoms with Gasteiger partial charge in [0.15, 0.2) is 0 Å². The molecule has 1 saturated carbocycles. The fourth-order valence-electron chi connectivity index (χ4n) is 3.81. The van der Waals surface area contributed by atoms with E-state index in [4.69, 9.17) is 5.73 Å². The number of halogens is 1. The molecule has 4 heteroatoms. The minimum atomic E-state index is 0. The number of nitrogens with zero attached hydrogens (tertiary/aromatic N) is 1. The van der Waals surface area contributed by atoms with Gasteiger partial charge in [-0.3, -0.25) is 4.79 Å². The maximum Gasteiger partial charge on any atom is 0.222 e. The molecule has 1 heterocycles. The van der Waals surface area contributed by atoms with E-state index in [0.717, 1.165) is 25.9 Å². The van der Waals surface area contributed by atoms with Gasteiger partial charge >= 0.3 is 0 Å². The van der Waals surface area contributed by atoms with Crippen LogP contribution in [0.5, 0.6) is 0 Å². The van der Waals surface area contributed by atoms with Gasteiger partial charge in [-0.05, 0) is 49.5 Å². The first-order valence-corrected chi connectivity index (χ1v) is 8.30. The first kappa shape index (κ1) is 17.3. The average Bonchev–Trinajstić information content (AvgIpc) is 2.96. The Bertz CT molecular complexity index is 471. The molecule has 1 saturated heterocycles. The third-order valence-corrected chi connectivity index (χ3v) is 5.16. The minimum Gasteiger partial charge on any atom is -0.341 e.